The maximum absolute atomic E-state index is 13.6. The summed E-state index contributed by atoms with van der Waals surface area (Å²) in [4.78, 5) is 25.3. The molecule has 0 aromatic heterocycles. The van der Waals surface area contributed by atoms with Crippen molar-refractivity contribution in [2.24, 2.45) is 16.3 Å². The molecule has 31 heavy (non-hydrogen) atoms. The Balaban J connectivity index is 1.58. The second kappa shape index (κ2) is 9.24. The summed E-state index contributed by atoms with van der Waals surface area (Å²) >= 11 is 1.93. The van der Waals surface area contributed by atoms with Crippen LogP contribution in [0.2, 0.25) is 0 Å². The Morgan fingerprint density at radius 1 is 1.16 bits per heavy atom. The Kier molecular flexibility index (Phi) is 6.43. The van der Waals surface area contributed by atoms with E-state index in [4.69, 9.17) is 5.73 Å². The van der Waals surface area contributed by atoms with Gasteiger partial charge in [-0.2, -0.15) is 16.9 Å². The van der Waals surface area contributed by atoms with Crippen LogP contribution in [0.3, 0.4) is 0 Å². The van der Waals surface area contributed by atoms with Crippen molar-refractivity contribution in [1.29, 1.82) is 0 Å². The lowest BCUT2D eigenvalue weighted by Gasteiger charge is -2.41. The van der Waals surface area contributed by atoms with Gasteiger partial charge in [0.25, 0.3) is 0 Å². The van der Waals surface area contributed by atoms with Gasteiger partial charge in [0.1, 0.15) is 0 Å². The number of nitrogens with zero attached hydrogens (tertiary/aromatic N) is 2. The highest BCUT2D eigenvalue weighted by Crippen LogP contribution is 2.47. The minimum absolute atomic E-state index is 0.201. The number of carboxylic acids is 1. The summed E-state index contributed by atoms with van der Waals surface area (Å²) < 4.78 is 0. The molecule has 3 N–H and O–H groups in total. The fourth-order valence-corrected chi connectivity index (χ4v) is 5.39. The Morgan fingerprint density at radius 2 is 1.87 bits per heavy atom. The molecule has 2 aromatic carbocycles. The second-order valence-electron chi connectivity index (χ2n) is 8.16. The number of ketones is 1. The second-order valence-corrected chi connectivity index (χ2v) is 9.39. The van der Waals surface area contributed by atoms with E-state index in [1.165, 1.54) is 0 Å². The monoisotopic (exact) mass is 437 g/mol. The van der Waals surface area contributed by atoms with Crippen LogP contribution in [0, 0.1) is 5.41 Å². The van der Waals surface area contributed by atoms with Crippen molar-refractivity contribution in [3.63, 3.8) is 0 Å². The van der Waals surface area contributed by atoms with Crippen LogP contribution >= 0.6 is 11.8 Å². The van der Waals surface area contributed by atoms with E-state index in [2.05, 4.69) is 10.1 Å². The molecule has 4 rings (SSSR count). The first-order valence-electron chi connectivity index (χ1n) is 10.6. The molecule has 0 saturated carbocycles. The van der Waals surface area contributed by atoms with Gasteiger partial charge in [-0.3, -0.25) is 14.6 Å². The number of fused-ring (bicyclic) bond motifs is 1. The number of nitrogens with two attached hydrogens (primary N) is 1. The first kappa shape index (κ1) is 21.6. The number of aliphatic carboxylic acids is 1. The van der Waals surface area contributed by atoms with Gasteiger partial charge in [-0.05, 0) is 29.5 Å². The Bertz CT molecular complexity index is 986. The number of hydrogen-bond donors (Lipinski definition) is 2. The van der Waals surface area contributed by atoms with Crippen molar-refractivity contribution in [2.45, 2.75) is 25.3 Å². The SMILES string of the molecule is NC1c2ccccc2CCC1(CC(=O)O)C(=O)c1ccc(C=NN2CCSCC2)cc1. The van der Waals surface area contributed by atoms with Crippen molar-refractivity contribution in [1.82, 2.24) is 5.01 Å². The molecule has 0 amide bonds. The van der Waals surface area contributed by atoms with Crippen LogP contribution < -0.4 is 5.73 Å². The average Bonchev–Trinajstić information content (AvgIpc) is 2.80. The van der Waals surface area contributed by atoms with Crippen LogP contribution in [0.1, 0.15) is 45.9 Å². The zero-order chi connectivity index (χ0) is 21.8. The molecule has 1 heterocycles. The highest BCUT2D eigenvalue weighted by molar-refractivity contribution is 7.99. The zero-order valence-corrected chi connectivity index (χ0v) is 18.2. The molecular weight excluding hydrogens is 410 g/mol. The lowest BCUT2D eigenvalue weighted by atomic mass is 9.63. The lowest BCUT2D eigenvalue weighted by molar-refractivity contribution is -0.139. The van der Waals surface area contributed by atoms with E-state index in [0.717, 1.165) is 41.3 Å². The maximum Gasteiger partial charge on any atom is 0.304 e. The number of carboxylic acid groups (broad SMARTS) is 1. The van der Waals surface area contributed by atoms with Gasteiger partial charge < -0.3 is 10.8 Å². The van der Waals surface area contributed by atoms with Gasteiger partial charge in [0.15, 0.2) is 5.78 Å². The van der Waals surface area contributed by atoms with E-state index in [9.17, 15) is 14.7 Å². The number of thioether (sulfide) groups is 1. The molecule has 162 valence electrons. The molecule has 1 saturated heterocycles. The van der Waals surface area contributed by atoms with E-state index in [-0.39, 0.29) is 12.2 Å². The molecule has 1 fully saturated rings. The molecule has 2 atom stereocenters. The standard InChI is InChI=1S/C24H27N3O3S/c25-22-20-4-2-1-3-18(20)9-10-24(22,15-21(28)29)23(30)19-7-5-17(6-8-19)16-26-27-11-13-31-14-12-27/h1-8,16,22H,9-15,25H2,(H,28,29). The molecule has 0 spiro atoms. The first-order chi connectivity index (χ1) is 15.0. The van der Waals surface area contributed by atoms with Crippen molar-refractivity contribution in [3.05, 3.63) is 70.8 Å². The number of hydrogen-bond acceptors (Lipinski definition) is 6. The molecule has 2 unspecified atom stereocenters. The van der Waals surface area contributed by atoms with Crippen LogP contribution in [0.25, 0.3) is 0 Å². The largest absolute Gasteiger partial charge is 0.481 e. The fourth-order valence-electron chi connectivity index (χ4n) is 4.50. The third-order valence-electron chi connectivity index (χ3n) is 6.28. The van der Waals surface area contributed by atoms with Crippen LogP contribution in [0.4, 0.5) is 0 Å². The van der Waals surface area contributed by atoms with E-state index in [1.54, 1.807) is 18.3 Å². The number of benzene rings is 2. The number of carbonyl (C=O) groups excluding carboxylic acids is 1. The van der Waals surface area contributed by atoms with Crippen molar-refractivity contribution >= 4 is 29.7 Å². The highest BCUT2D eigenvalue weighted by atomic mass is 32.2. The summed E-state index contributed by atoms with van der Waals surface area (Å²) in [7, 11) is 0. The number of Topliss-reactive ketones (excluding diaryl/α,β-unsaturated/α-hetero) is 1. The van der Waals surface area contributed by atoms with E-state index < -0.39 is 17.4 Å². The molecule has 1 aliphatic carbocycles. The van der Waals surface area contributed by atoms with Crippen LogP contribution in [-0.2, 0) is 11.2 Å². The predicted octanol–water partition coefficient (Wildman–Crippen LogP) is 3.36. The van der Waals surface area contributed by atoms with Crippen LogP contribution in [-0.4, -0.2) is 52.7 Å². The van der Waals surface area contributed by atoms with Gasteiger partial charge in [0.05, 0.1) is 18.1 Å². The Labute approximate surface area is 186 Å². The molecular formula is C24H27N3O3S. The van der Waals surface area contributed by atoms with Crippen LogP contribution in [0.5, 0.6) is 0 Å². The lowest BCUT2D eigenvalue weighted by Crippen LogP contribution is -2.46. The summed E-state index contributed by atoms with van der Waals surface area (Å²) in [5, 5.41) is 16.2. The number of aryl methyl sites for hydroxylation is 1. The summed E-state index contributed by atoms with van der Waals surface area (Å²) in [5.41, 5.74) is 8.76. The van der Waals surface area contributed by atoms with Crippen molar-refractivity contribution < 1.29 is 14.7 Å². The summed E-state index contributed by atoms with van der Waals surface area (Å²) in [6.45, 7) is 1.88. The Morgan fingerprint density at radius 3 is 2.58 bits per heavy atom. The normalized spacial score (nSPS) is 23.5. The van der Waals surface area contributed by atoms with Crippen LogP contribution in [0.15, 0.2) is 53.6 Å². The molecule has 2 aliphatic rings. The van der Waals surface area contributed by atoms with Gasteiger partial charge in [-0.25, -0.2) is 0 Å². The molecule has 2 aromatic rings. The van der Waals surface area contributed by atoms with Gasteiger partial charge in [0, 0.05) is 36.2 Å². The number of carbonyl (C=O) groups is 2. The average molecular weight is 438 g/mol. The summed E-state index contributed by atoms with van der Waals surface area (Å²) in [6, 6.07) is 14.3. The first-order valence-corrected chi connectivity index (χ1v) is 11.7. The summed E-state index contributed by atoms with van der Waals surface area (Å²) in [5.74, 6) is 0.958. The van der Waals surface area contributed by atoms with Crippen molar-refractivity contribution in [2.75, 3.05) is 24.6 Å². The van der Waals surface area contributed by atoms with Gasteiger partial charge in [0.2, 0.25) is 0 Å². The third kappa shape index (κ3) is 4.52. The molecule has 6 nitrogen and oxygen atoms in total. The molecule has 7 heteroatoms. The minimum atomic E-state index is -1.15. The smallest absolute Gasteiger partial charge is 0.304 e. The molecule has 1 aliphatic heterocycles. The summed E-state index contributed by atoms with van der Waals surface area (Å²) in [6.07, 6.45) is 2.59. The highest BCUT2D eigenvalue weighted by Gasteiger charge is 2.48. The maximum atomic E-state index is 13.6. The third-order valence-corrected chi connectivity index (χ3v) is 7.22. The van der Waals surface area contributed by atoms with E-state index in [1.807, 2.05) is 48.2 Å². The number of hydrazone groups is 1. The predicted molar refractivity (Wildman–Crippen MR) is 124 cm³/mol. The zero-order valence-electron chi connectivity index (χ0n) is 17.4. The van der Waals surface area contributed by atoms with Gasteiger partial charge in [-0.15, -0.1) is 0 Å². The van der Waals surface area contributed by atoms with Crippen molar-refractivity contribution in [3.8, 4) is 0 Å². The fraction of sp³-hybridized carbons (Fsp3) is 0.375. The topological polar surface area (TPSA) is 96.0 Å². The minimum Gasteiger partial charge on any atom is -0.481 e. The molecule has 0 radical (unpaired) electrons. The quantitative estimate of drug-likeness (QED) is 0.531. The number of rotatable bonds is 6. The molecule has 0 bridgehead atoms. The Hall–Kier alpha value is -2.64. The van der Waals surface area contributed by atoms with Gasteiger partial charge >= 0.3 is 5.97 Å². The van der Waals surface area contributed by atoms with E-state index >= 15 is 0 Å². The van der Waals surface area contributed by atoms with Gasteiger partial charge in [-0.1, -0.05) is 48.5 Å². The van der Waals surface area contributed by atoms with E-state index in [0.29, 0.717) is 18.4 Å².